The molecule has 0 aromatic heterocycles. The molecule has 1 amide bonds. The van der Waals surface area contributed by atoms with Crippen LogP contribution in [-0.4, -0.2) is 24.5 Å². The number of amides is 1. The van der Waals surface area contributed by atoms with Gasteiger partial charge in [-0.15, -0.1) is 0 Å². The van der Waals surface area contributed by atoms with Crippen molar-refractivity contribution in [1.82, 2.24) is 5.32 Å². The lowest BCUT2D eigenvalue weighted by atomic mass is 9.87. The van der Waals surface area contributed by atoms with Gasteiger partial charge in [0.15, 0.2) is 6.61 Å². The van der Waals surface area contributed by atoms with Crippen LogP contribution in [0.15, 0.2) is 30.3 Å². The molecule has 0 aliphatic heterocycles. The molecule has 1 aliphatic rings. The van der Waals surface area contributed by atoms with Gasteiger partial charge in [-0.25, -0.2) is 4.79 Å². The van der Waals surface area contributed by atoms with Crippen molar-refractivity contribution in [2.45, 2.75) is 38.6 Å². The summed E-state index contributed by atoms with van der Waals surface area (Å²) in [5.74, 6) is 0.0749. The number of carbonyl (C=O) groups excluding carboxylic acids is 2. The highest BCUT2D eigenvalue weighted by Gasteiger charge is 2.20. The quantitative estimate of drug-likeness (QED) is 0.859. The van der Waals surface area contributed by atoms with Gasteiger partial charge in [-0.3, -0.25) is 4.79 Å². The molecule has 4 nitrogen and oxygen atoms in total. The Balaban J connectivity index is 1.71. The summed E-state index contributed by atoms with van der Waals surface area (Å²) < 4.78 is 5.00. The standard InChI is InChI=1S/C16H21NO3/c1-12-7-9-14(10-8-12)17-15(18)11-20-16(19)13-5-3-2-4-6-13/h2-6,12,14H,7-11H2,1H3,(H,17,18). The molecule has 0 atom stereocenters. The van der Waals surface area contributed by atoms with Crippen LogP contribution in [0.1, 0.15) is 43.0 Å². The summed E-state index contributed by atoms with van der Waals surface area (Å²) in [6.45, 7) is 2.03. The molecule has 108 valence electrons. The Morgan fingerprint density at radius 1 is 1.15 bits per heavy atom. The summed E-state index contributed by atoms with van der Waals surface area (Å²) in [7, 11) is 0. The number of rotatable bonds is 4. The molecule has 1 aliphatic carbocycles. The van der Waals surface area contributed by atoms with Crippen molar-refractivity contribution < 1.29 is 14.3 Å². The first kappa shape index (κ1) is 14.6. The van der Waals surface area contributed by atoms with E-state index in [9.17, 15) is 9.59 Å². The molecule has 1 saturated carbocycles. The van der Waals surface area contributed by atoms with Crippen molar-refractivity contribution in [3.8, 4) is 0 Å². The van der Waals surface area contributed by atoms with Crippen LogP contribution in [0.2, 0.25) is 0 Å². The minimum atomic E-state index is -0.460. The van der Waals surface area contributed by atoms with E-state index in [-0.39, 0.29) is 18.6 Å². The Morgan fingerprint density at radius 3 is 2.45 bits per heavy atom. The molecule has 0 radical (unpaired) electrons. The number of hydrogen-bond donors (Lipinski definition) is 1. The number of benzene rings is 1. The summed E-state index contributed by atoms with van der Waals surface area (Å²) in [6.07, 6.45) is 4.32. The molecular weight excluding hydrogens is 254 g/mol. The Morgan fingerprint density at radius 2 is 1.80 bits per heavy atom. The van der Waals surface area contributed by atoms with Gasteiger partial charge in [0, 0.05) is 6.04 Å². The molecule has 0 spiro atoms. The van der Waals surface area contributed by atoms with Gasteiger partial charge < -0.3 is 10.1 Å². The smallest absolute Gasteiger partial charge is 0.338 e. The zero-order chi connectivity index (χ0) is 14.4. The van der Waals surface area contributed by atoms with Crippen LogP contribution in [0.25, 0.3) is 0 Å². The minimum Gasteiger partial charge on any atom is -0.452 e. The van der Waals surface area contributed by atoms with Crippen molar-refractivity contribution in [1.29, 1.82) is 0 Å². The first-order valence-electron chi connectivity index (χ1n) is 7.16. The number of hydrogen-bond acceptors (Lipinski definition) is 3. The first-order chi connectivity index (χ1) is 9.65. The molecule has 1 N–H and O–H groups in total. The molecule has 0 bridgehead atoms. The number of nitrogens with one attached hydrogen (secondary N) is 1. The monoisotopic (exact) mass is 275 g/mol. The van der Waals surface area contributed by atoms with Gasteiger partial charge in [-0.2, -0.15) is 0 Å². The summed E-state index contributed by atoms with van der Waals surface area (Å²) >= 11 is 0. The van der Waals surface area contributed by atoms with Crippen molar-refractivity contribution in [3.05, 3.63) is 35.9 Å². The topological polar surface area (TPSA) is 55.4 Å². The Kier molecular flexibility index (Phi) is 5.16. The van der Waals surface area contributed by atoms with Gasteiger partial charge in [0.25, 0.3) is 5.91 Å². The van der Waals surface area contributed by atoms with E-state index in [1.54, 1.807) is 24.3 Å². The fourth-order valence-corrected chi connectivity index (χ4v) is 2.46. The van der Waals surface area contributed by atoms with E-state index < -0.39 is 5.97 Å². The highest BCUT2D eigenvalue weighted by Crippen LogP contribution is 2.23. The largest absolute Gasteiger partial charge is 0.452 e. The summed E-state index contributed by atoms with van der Waals surface area (Å²) in [6, 6.07) is 8.92. The molecule has 0 heterocycles. The second-order valence-corrected chi connectivity index (χ2v) is 5.47. The van der Waals surface area contributed by atoms with Gasteiger partial charge in [0.05, 0.1) is 5.56 Å². The van der Waals surface area contributed by atoms with Crippen LogP contribution in [-0.2, 0) is 9.53 Å². The highest BCUT2D eigenvalue weighted by atomic mass is 16.5. The Labute approximate surface area is 119 Å². The molecule has 1 fully saturated rings. The predicted molar refractivity (Wildman–Crippen MR) is 76.3 cm³/mol. The Bertz CT molecular complexity index is 450. The molecule has 0 saturated heterocycles. The third-order valence-corrected chi connectivity index (χ3v) is 3.72. The maximum Gasteiger partial charge on any atom is 0.338 e. The van der Waals surface area contributed by atoms with Crippen molar-refractivity contribution >= 4 is 11.9 Å². The van der Waals surface area contributed by atoms with Crippen LogP contribution < -0.4 is 5.32 Å². The SMILES string of the molecule is CC1CCC(NC(=O)COC(=O)c2ccccc2)CC1. The fraction of sp³-hybridized carbons (Fsp3) is 0.500. The molecule has 20 heavy (non-hydrogen) atoms. The van der Waals surface area contributed by atoms with Crippen LogP contribution in [0, 0.1) is 5.92 Å². The average Bonchev–Trinajstić information content (AvgIpc) is 2.48. The van der Waals surface area contributed by atoms with E-state index in [1.165, 1.54) is 0 Å². The number of ether oxygens (including phenoxy) is 1. The van der Waals surface area contributed by atoms with E-state index in [2.05, 4.69) is 12.2 Å². The first-order valence-corrected chi connectivity index (χ1v) is 7.16. The van der Waals surface area contributed by atoms with Gasteiger partial charge in [0.1, 0.15) is 0 Å². The van der Waals surface area contributed by atoms with E-state index >= 15 is 0 Å². The fourth-order valence-electron chi connectivity index (χ4n) is 2.46. The number of carbonyl (C=O) groups is 2. The van der Waals surface area contributed by atoms with E-state index in [1.807, 2.05) is 6.07 Å². The van der Waals surface area contributed by atoms with Crippen molar-refractivity contribution in [3.63, 3.8) is 0 Å². The van der Waals surface area contributed by atoms with E-state index in [0.717, 1.165) is 31.6 Å². The second-order valence-electron chi connectivity index (χ2n) is 5.47. The summed E-state index contributed by atoms with van der Waals surface area (Å²) in [5.41, 5.74) is 0.465. The lowest BCUT2D eigenvalue weighted by Crippen LogP contribution is -2.39. The molecule has 1 aromatic carbocycles. The van der Waals surface area contributed by atoms with Crippen LogP contribution in [0.4, 0.5) is 0 Å². The molecule has 1 aromatic rings. The molecule has 2 rings (SSSR count). The normalized spacial score (nSPS) is 22.1. The van der Waals surface area contributed by atoms with Gasteiger partial charge in [-0.05, 0) is 43.7 Å². The summed E-state index contributed by atoms with van der Waals surface area (Å²) in [4.78, 5) is 23.4. The average molecular weight is 275 g/mol. The minimum absolute atomic E-state index is 0.209. The zero-order valence-corrected chi connectivity index (χ0v) is 11.8. The van der Waals surface area contributed by atoms with E-state index in [0.29, 0.717) is 5.56 Å². The van der Waals surface area contributed by atoms with Crippen molar-refractivity contribution in [2.75, 3.05) is 6.61 Å². The third-order valence-electron chi connectivity index (χ3n) is 3.72. The van der Waals surface area contributed by atoms with Crippen molar-refractivity contribution in [2.24, 2.45) is 5.92 Å². The Hall–Kier alpha value is -1.84. The van der Waals surface area contributed by atoms with Crippen LogP contribution in [0.3, 0.4) is 0 Å². The predicted octanol–water partition coefficient (Wildman–Crippen LogP) is 2.54. The molecule has 4 heteroatoms. The lowest BCUT2D eigenvalue weighted by molar-refractivity contribution is -0.125. The maximum atomic E-state index is 11.7. The van der Waals surface area contributed by atoms with E-state index in [4.69, 9.17) is 4.74 Å². The van der Waals surface area contributed by atoms with Gasteiger partial charge in [-0.1, -0.05) is 25.1 Å². The lowest BCUT2D eigenvalue weighted by Gasteiger charge is -2.26. The summed E-state index contributed by atoms with van der Waals surface area (Å²) in [5, 5.41) is 2.93. The van der Waals surface area contributed by atoms with Gasteiger partial charge >= 0.3 is 5.97 Å². The molecule has 0 unspecified atom stereocenters. The third kappa shape index (κ3) is 4.37. The highest BCUT2D eigenvalue weighted by molar-refractivity contribution is 5.91. The number of esters is 1. The van der Waals surface area contributed by atoms with Crippen LogP contribution in [0.5, 0.6) is 0 Å². The van der Waals surface area contributed by atoms with Gasteiger partial charge in [0.2, 0.25) is 0 Å². The zero-order valence-electron chi connectivity index (χ0n) is 11.8. The molecular formula is C16H21NO3. The maximum absolute atomic E-state index is 11.7. The van der Waals surface area contributed by atoms with Crippen LogP contribution >= 0.6 is 0 Å². The second kappa shape index (κ2) is 7.08.